The highest BCUT2D eigenvalue weighted by Gasteiger charge is 2.38. The number of aliphatic hydroxyl groups is 1. The van der Waals surface area contributed by atoms with Crippen LogP contribution < -0.4 is 5.32 Å². The van der Waals surface area contributed by atoms with Gasteiger partial charge in [-0.05, 0) is 38.8 Å². The number of carbonyl (C=O) groups is 1. The van der Waals surface area contributed by atoms with Gasteiger partial charge in [0.15, 0.2) is 0 Å². The second-order valence-electron chi connectivity index (χ2n) is 5.15. The molecule has 1 fully saturated rings. The van der Waals surface area contributed by atoms with E-state index in [0.717, 1.165) is 12.8 Å². The van der Waals surface area contributed by atoms with Crippen molar-refractivity contribution >= 4 is 11.8 Å². The van der Waals surface area contributed by atoms with Gasteiger partial charge in [0.1, 0.15) is 5.82 Å². The molecule has 2 rings (SSSR count). The predicted molar refractivity (Wildman–Crippen MR) is 69.3 cm³/mol. The second kappa shape index (κ2) is 4.94. The Morgan fingerprint density at radius 2 is 2.33 bits per heavy atom. The molecule has 2 heterocycles. The Morgan fingerprint density at radius 3 is 2.94 bits per heavy atom. The van der Waals surface area contributed by atoms with Gasteiger partial charge in [0, 0.05) is 12.7 Å². The van der Waals surface area contributed by atoms with Gasteiger partial charge in [-0.3, -0.25) is 5.32 Å². The number of amides is 2. The van der Waals surface area contributed by atoms with Crippen LogP contribution in [-0.4, -0.2) is 39.2 Å². The summed E-state index contributed by atoms with van der Waals surface area (Å²) in [4.78, 5) is 17.9. The summed E-state index contributed by atoms with van der Waals surface area (Å²) >= 11 is 0. The van der Waals surface area contributed by atoms with E-state index in [9.17, 15) is 9.90 Å². The topological polar surface area (TPSA) is 65.5 Å². The average molecular weight is 249 g/mol. The van der Waals surface area contributed by atoms with Crippen LogP contribution in [0.15, 0.2) is 24.4 Å². The van der Waals surface area contributed by atoms with Crippen LogP contribution in [0, 0.1) is 0 Å². The number of anilines is 1. The molecule has 0 radical (unpaired) electrons. The molecule has 1 aromatic rings. The number of aromatic nitrogens is 1. The molecule has 5 nitrogen and oxygen atoms in total. The lowest BCUT2D eigenvalue weighted by Crippen LogP contribution is -2.49. The van der Waals surface area contributed by atoms with E-state index >= 15 is 0 Å². The quantitative estimate of drug-likeness (QED) is 0.840. The van der Waals surface area contributed by atoms with Crippen LogP contribution in [0.3, 0.4) is 0 Å². The fourth-order valence-electron chi connectivity index (χ4n) is 2.36. The third-order valence-electron chi connectivity index (χ3n) is 3.23. The largest absolute Gasteiger partial charge is 0.388 e. The van der Waals surface area contributed by atoms with Gasteiger partial charge < -0.3 is 10.0 Å². The minimum atomic E-state index is -0.877. The molecule has 5 heteroatoms. The van der Waals surface area contributed by atoms with Gasteiger partial charge in [-0.1, -0.05) is 6.07 Å². The number of carbonyl (C=O) groups excluding carboxylic acids is 1. The van der Waals surface area contributed by atoms with Gasteiger partial charge in [-0.2, -0.15) is 0 Å². The van der Waals surface area contributed by atoms with Crippen molar-refractivity contribution in [3.63, 3.8) is 0 Å². The summed E-state index contributed by atoms with van der Waals surface area (Å²) in [5.41, 5.74) is -0.877. The number of likely N-dealkylation sites (tertiary alicyclic amines) is 1. The zero-order valence-electron chi connectivity index (χ0n) is 10.8. The molecule has 98 valence electrons. The molecule has 1 aliphatic rings. The van der Waals surface area contributed by atoms with Crippen molar-refractivity contribution in [1.29, 1.82) is 0 Å². The van der Waals surface area contributed by atoms with Crippen LogP contribution in [-0.2, 0) is 0 Å². The molecule has 0 bridgehead atoms. The monoisotopic (exact) mass is 249 g/mol. The summed E-state index contributed by atoms with van der Waals surface area (Å²) in [6.07, 6.45) is 3.39. The highest BCUT2D eigenvalue weighted by atomic mass is 16.3. The second-order valence-corrected chi connectivity index (χ2v) is 5.15. The number of hydrogen-bond acceptors (Lipinski definition) is 3. The molecule has 0 spiro atoms. The van der Waals surface area contributed by atoms with E-state index < -0.39 is 5.60 Å². The maximum absolute atomic E-state index is 12.1. The number of nitrogens with zero attached hydrogens (tertiary/aromatic N) is 2. The van der Waals surface area contributed by atoms with Crippen molar-refractivity contribution in [1.82, 2.24) is 9.88 Å². The van der Waals surface area contributed by atoms with Crippen molar-refractivity contribution < 1.29 is 9.90 Å². The summed E-state index contributed by atoms with van der Waals surface area (Å²) in [6.45, 7) is 4.15. The SMILES string of the molecule is CC(C)(O)C1CCCN1C(=O)Nc1ccccn1. The van der Waals surface area contributed by atoms with Crippen LogP contribution in [0.4, 0.5) is 10.6 Å². The van der Waals surface area contributed by atoms with Crippen molar-refractivity contribution in [3.8, 4) is 0 Å². The molecular formula is C13H19N3O2. The van der Waals surface area contributed by atoms with E-state index in [1.807, 2.05) is 6.07 Å². The molecule has 1 unspecified atom stereocenters. The normalized spacial score (nSPS) is 19.9. The average Bonchev–Trinajstić information content (AvgIpc) is 2.79. The third-order valence-corrected chi connectivity index (χ3v) is 3.23. The van der Waals surface area contributed by atoms with Gasteiger partial charge in [0.05, 0.1) is 11.6 Å². The highest BCUT2D eigenvalue weighted by molar-refractivity contribution is 5.88. The summed E-state index contributed by atoms with van der Waals surface area (Å²) in [7, 11) is 0. The van der Waals surface area contributed by atoms with Gasteiger partial charge in [-0.15, -0.1) is 0 Å². The fourth-order valence-corrected chi connectivity index (χ4v) is 2.36. The summed E-state index contributed by atoms with van der Waals surface area (Å²) in [6, 6.07) is 5.03. The molecule has 1 saturated heterocycles. The maximum Gasteiger partial charge on any atom is 0.323 e. The first-order valence-corrected chi connectivity index (χ1v) is 6.19. The number of hydrogen-bond donors (Lipinski definition) is 2. The van der Waals surface area contributed by atoms with Crippen molar-refractivity contribution in [2.45, 2.75) is 38.3 Å². The molecule has 0 aliphatic carbocycles. The Labute approximate surface area is 107 Å². The first-order chi connectivity index (χ1) is 8.48. The Kier molecular flexibility index (Phi) is 3.52. The van der Waals surface area contributed by atoms with Crippen molar-refractivity contribution in [2.75, 3.05) is 11.9 Å². The van der Waals surface area contributed by atoms with Gasteiger partial charge in [0.25, 0.3) is 0 Å². The molecule has 2 N–H and O–H groups in total. The minimum absolute atomic E-state index is 0.138. The van der Waals surface area contributed by atoms with Gasteiger partial charge in [0.2, 0.25) is 0 Å². The molecule has 1 atom stereocenters. The van der Waals surface area contributed by atoms with E-state index in [1.165, 1.54) is 0 Å². The van der Waals surface area contributed by atoms with Crippen LogP contribution in [0.1, 0.15) is 26.7 Å². The van der Waals surface area contributed by atoms with Crippen molar-refractivity contribution in [3.05, 3.63) is 24.4 Å². The van der Waals surface area contributed by atoms with Crippen LogP contribution in [0.5, 0.6) is 0 Å². The standard InChI is InChI=1S/C13H19N3O2/c1-13(2,18)10-6-5-9-16(10)12(17)15-11-7-3-4-8-14-11/h3-4,7-8,10,18H,5-6,9H2,1-2H3,(H,14,15,17). The zero-order valence-corrected chi connectivity index (χ0v) is 10.8. The molecule has 2 amide bonds. The van der Waals surface area contributed by atoms with E-state index in [4.69, 9.17) is 0 Å². The predicted octanol–water partition coefficient (Wildman–Crippen LogP) is 1.85. The first kappa shape index (κ1) is 12.8. The van der Waals surface area contributed by atoms with Gasteiger partial charge >= 0.3 is 6.03 Å². The Bertz CT molecular complexity index is 414. The minimum Gasteiger partial charge on any atom is -0.388 e. The van der Waals surface area contributed by atoms with E-state index in [1.54, 1.807) is 37.1 Å². The molecule has 18 heavy (non-hydrogen) atoms. The summed E-state index contributed by atoms with van der Waals surface area (Å²) in [5, 5.41) is 12.8. The lowest BCUT2D eigenvalue weighted by Gasteiger charge is -2.33. The smallest absolute Gasteiger partial charge is 0.323 e. The highest BCUT2D eigenvalue weighted by Crippen LogP contribution is 2.27. The van der Waals surface area contributed by atoms with Crippen molar-refractivity contribution in [2.24, 2.45) is 0 Å². The lowest BCUT2D eigenvalue weighted by atomic mass is 9.97. The summed E-state index contributed by atoms with van der Waals surface area (Å²) in [5.74, 6) is 0.531. The Balaban J connectivity index is 2.05. The first-order valence-electron chi connectivity index (χ1n) is 6.19. The van der Waals surface area contributed by atoms with Crippen LogP contribution in [0.2, 0.25) is 0 Å². The third kappa shape index (κ3) is 2.79. The summed E-state index contributed by atoms with van der Waals surface area (Å²) < 4.78 is 0. The fraction of sp³-hybridized carbons (Fsp3) is 0.538. The maximum atomic E-state index is 12.1. The molecule has 1 aliphatic heterocycles. The zero-order chi connectivity index (χ0) is 13.2. The number of nitrogens with one attached hydrogen (secondary N) is 1. The molecule has 1 aromatic heterocycles. The van der Waals surface area contributed by atoms with E-state index in [-0.39, 0.29) is 12.1 Å². The van der Waals surface area contributed by atoms with Gasteiger partial charge in [-0.25, -0.2) is 9.78 Å². The number of rotatable bonds is 2. The Morgan fingerprint density at radius 1 is 1.56 bits per heavy atom. The lowest BCUT2D eigenvalue weighted by molar-refractivity contribution is 0.0117. The van der Waals surface area contributed by atoms with E-state index in [0.29, 0.717) is 12.4 Å². The number of urea groups is 1. The molecular weight excluding hydrogens is 230 g/mol. The van der Waals surface area contributed by atoms with Crippen LogP contribution in [0.25, 0.3) is 0 Å². The molecule has 0 aromatic carbocycles. The van der Waals surface area contributed by atoms with Crippen LogP contribution >= 0.6 is 0 Å². The number of pyridine rings is 1. The molecule has 0 saturated carbocycles. The van der Waals surface area contributed by atoms with E-state index in [2.05, 4.69) is 10.3 Å². The Hall–Kier alpha value is -1.62.